The van der Waals surface area contributed by atoms with Gasteiger partial charge in [0.05, 0.1) is 12.1 Å². The van der Waals surface area contributed by atoms with E-state index in [1.54, 1.807) is 24.1 Å². The van der Waals surface area contributed by atoms with Crippen molar-refractivity contribution in [1.29, 1.82) is 0 Å². The second kappa shape index (κ2) is 5.86. The van der Waals surface area contributed by atoms with Crippen LogP contribution in [0.5, 0.6) is 0 Å². The second-order valence-electron chi connectivity index (χ2n) is 6.66. The van der Waals surface area contributed by atoms with Crippen LogP contribution in [0.2, 0.25) is 0 Å². The van der Waals surface area contributed by atoms with Crippen molar-refractivity contribution in [3.8, 4) is 0 Å². The minimum atomic E-state index is -0.307. The summed E-state index contributed by atoms with van der Waals surface area (Å²) in [6, 6.07) is 6.17. The van der Waals surface area contributed by atoms with E-state index in [4.69, 9.17) is 9.47 Å². The number of hydrogen-bond donors (Lipinski definition) is 1. The zero-order chi connectivity index (χ0) is 16.7. The average molecular weight is 332 g/mol. The number of piperidine rings is 1. The molecule has 128 valence electrons. The molecule has 2 fully saturated rings. The van der Waals surface area contributed by atoms with E-state index in [0.29, 0.717) is 24.2 Å². The minimum absolute atomic E-state index is 0.0819. The smallest absolute Gasteiger partial charge is 0.270 e. The zero-order valence-electron chi connectivity index (χ0n) is 13.7. The number of hydrogen-bond acceptors (Lipinski definition) is 3. The van der Waals surface area contributed by atoms with E-state index >= 15 is 0 Å². The summed E-state index contributed by atoms with van der Waals surface area (Å²) in [5, 5.41) is 0.703. The van der Waals surface area contributed by atoms with Gasteiger partial charge in [-0.25, -0.2) is 4.39 Å². The highest BCUT2D eigenvalue weighted by Gasteiger charge is 2.47. The van der Waals surface area contributed by atoms with Crippen LogP contribution in [0, 0.1) is 5.82 Å². The molecule has 4 rings (SSSR count). The van der Waals surface area contributed by atoms with E-state index < -0.39 is 0 Å². The van der Waals surface area contributed by atoms with Crippen LogP contribution in [0.3, 0.4) is 0 Å². The third kappa shape index (κ3) is 2.50. The summed E-state index contributed by atoms with van der Waals surface area (Å²) < 4.78 is 24.9. The minimum Gasteiger partial charge on any atom is -0.377 e. The van der Waals surface area contributed by atoms with Crippen LogP contribution in [-0.4, -0.2) is 54.3 Å². The number of fused-ring (bicyclic) bond motifs is 1. The Morgan fingerprint density at radius 2 is 2.29 bits per heavy atom. The van der Waals surface area contributed by atoms with E-state index in [-0.39, 0.29) is 23.4 Å². The van der Waals surface area contributed by atoms with E-state index in [2.05, 4.69) is 4.98 Å². The number of benzene rings is 1. The highest BCUT2D eigenvalue weighted by Crippen LogP contribution is 2.37. The molecule has 0 unspecified atom stereocenters. The van der Waals surface area contributed by atoms with Crippen LogP contribution >= 0.6 is 0 Å². The fourth-order valence-corrected chi connectivity index (χ4v) is 3.98. The zero-order valence-corrected chi connectivity index (χ0v) is 13.7. The molecule has 6 heteroatoms. The third-order valence-corrected chi connectivity index (χ3v) is 5.30. The number of likely N-dealkylation sites (tertiary alicyclic amines) is 1. The van der Waals surface area contributed by atoms with Gasteiger partial charge in [-0.2, -0.15) is 0 Å². The molecule has 2 aliphatic rings. The van der Waals surface area contributed by atoms with Crippen molar-refractivity contribution in [3.05, 3.63) is 35.8 Å². The Labute approximate surface area is 139 Å². The number of nitrogens with one attached hydrogen (secondary N) is 1. The molecular formula is C18H21FN2O3. The number of methoxy groups -OCH3 is 1. The number of halogens is 1. The quantitative estimate of drug-likeness (QED) is 0.920. The summed E-state index contributed by atoms with van der Waals surface area (Å²) in [6.45, 7) is 1.92. The molecule has 1 aromatic heterocycles. The molecule has 3 heterocycles. The first-order valence-corrected chi connectivity index (χ1v) is 8.36. The van der Waals surface area contributed by atoms with E-state index in [1.165, 1.54) is 12.1 Å². The van der Waals surface area contributed by atoms with Crippen LogP contribution in [-0.2, 0) is 9.47 Å². The molecule has 1 spiro atoms. The largest absolute Gasteiger partial charge is 0.377 e. The summed E-state index contributed by atoms with van der Waals surface area (Å²) in [7, 11) is 1.67. The highest BCUT2D eigenvalue weighted by molar-refractivity contribution is 5.98. The lowest BCUT2D eigenvalue weighted by Crippen LogP contribution is -2.57. The molecule has 2 aromatic rings. The molecule has 2 atom stereocenters. The standard InChI is InChI=1S/C18H21FN2O3/c1-23-16-11-21(7-6-18(16)5-2-8-24-18)17(22)15-10-12-9-13(19)3-4-14(12)20-15/h3-4,9-10,16,20H,2,5-8,11H2,1H3/t16-,18-/m0/s1. The van der Waals surface area contributed by atoms with Gasteiger partial charge in [-0.3, -0.25) is 4.79 Å². The van der Waals surface area contributed by atoms with Crippen molar-refractivity contribution < 1.29 is 18.7 Å². The summed E-state index contributed by atoms with van der Waals surface area (Å²) in [4.78, 5) is 17.7. The van der Waals surface area contributed by atoms with Crippen molar-refractivity contribution in [2.45, 2.75) is 31.0 Å². The second-order valence-corrected chi connectivity index (χ2v) is 6.66. The van der Waals surface area contributed by atoms with Crippen molar-refractivity contribution in [3.63, 3.8) is 0 Å². The van der Waals surface area contributed by atoms with Gasteiger partial charge in [0, 0.05) is 31.2 Å². The van der Waals surface area contributed by atoms with Crippen LogP contribution in [0.4, 0.5) is 4.39 Å². The lowest BCUT2D eigenvalue weighted by Gasteiger charge is -2.44. The van der Waals surface area contributed by atoms with E-state index in [0.717, 1.165) is 31.4 Å². The number of aromatic amines is 1. The predicted molar refractivity (Wildman–Crippen MR) is 87.5 cm³/mol. The molecule has 0 saturated carbocycles. The average Bonchev–Trinajstić information content (AvgIpc) is 3.22. The van der Waals surface area contributed by atoms with Gasteiger partial charge < -0.3 is 19.4 Å². The molecule has 1 aromatic carbocycles. The van der Waals surface area contributed by atoms with Crippen LogP contribution < -0.4 is 0 Å². The van der Waals surface area contributed by atoms with Crippen LogP contribution in [0.25, 0.3) is 10.9 Å². The molecule has 5 nitrogen and oxygen atoms in total. The van der Waals surface area contributed by atoms with Crippen molar-refractivity contribution in [1.82, 2.24) is 9.88 Å². The number of carbonyl (C=O) groups is 1. The summed E-state index contributed by atoms with van der Waals surface area (Å²) in [5.74, 6) is -0.389. The fourth-order valence-electron chi connectivity index (χ4n) is 3.98. The number of nitrogens with zero attached hydrogens (tertiary/aromatic N) is 1. The first-order valence-electron chi connectivity index (χ1n) is 8.36. The topological polar surface area (TPSA) is 54.6 Å². The fraction of sp³-hybridized carbons (Fsp3) is 0.500. The molecular weight excluding hydrogens is 311 g/mol. The number of ether oxygens (including phenoxy) is 2. The molecule has 1 amide bonds. The summed E-state index contributed by atoms with van der Waals surface area (Å²) >= 11 is 0. The van der Waals surface area contributed by atoms with E-state index in [1.807, 2.05) is 0 Å². The normalized spacial score (nSPS) is 27.2. The highest BCUT2D eigenvalue weighted by atomic mass is 19.1. The Bertz CT molecular complexity index is 767. The maximum Gasteiger partial charge on any atom is 0.270 e. The first-order chi connectivity index (χ1) is 11.6. The number of carbonyl (C=O) groups excluding carboxylic acids is 1. The van der Waals surface area contributed by atoms with Gasteiger partial charge in [-0.1, -0.05) is 0 Å². The number of H-pyrrole nitrogens is 1. The number of amides is 1. The maximum atomic E-state index is 13.3. The van der Waals surface area contributed by atoms with Gasteiger partial charge in [0.15, 0.2) is 0 Å². The van der Waals surface area contributed by atoms with Crippen molar-refractivity contribution in [2.75, 3.05) is 26.8 Å². The third-order valence-electron chi connectivity index (χ3n) is 5.30. The lowest BCUT2D eigenvalue weighted by atomic mass is 9.85. The van der Waals surface area contributed by atoms with Gasteiger partial charge in [0.2, 0.25) is 0 Å². The van der Waals surface area contributed by atoms with Crippen LogP contribution in [0.15, 0.2) is 24.3 Å². The molecule has 0 bridgehead atoms. The van der Waals surface area contributed by atoms with Gasteiger partial charge in [-0.15, -0.1) is 0 Å². The maximum absolute atomic E-state index is 13.3. The van der Waals surface area contributed by atoms with Gasteiger partial charge in [-0.05, 0) is 43.5 Å². The Kier molecular flexibility index (Phi) is 3.81. The summed E-state index contributed by atoms with van der Waals surface area (Å²) in [6.07, 6.45) is 2.70. The predicted octanol–water partition coefficient (Wildman–Crippen LogP) is 2.72. The first kappa shape index (κ1) is 15.6. The van der Waals surface area contributed by atoms with Crippen LogP contribution in [0.1, 0.15) is 29.8 Å². The summed E-state index contributed by atoms with van der Waals surface area (Å²) in [5.41, 5.74) is 0.999. The number of rotatable bonds is 2. The number of aromatic nitrogens is 1. The van der Waals surface area contributed by atoms with Crippen molar-refractivity contribution >= 4 is 16.8 Å². The Balaban J connectivity index is 1.55. The SMILES string of the molecule is CO[C@H]1CN(C(=O)c2cc3cc(F)ccc3[nH]2)CC[C@@]12CCCO2. The lowest BCUT2D eigenvalue weighted by molar-refractivity contribution is -0.136. The molecule has 0 aliphatic carbocycles. The van der Waals surface area contributed by atoms with Gasteiger partial charge in [0.1, 0.15) is 17.6 Å². The van der Waals surface area contributed by atoms with E-state index in [9.17, 15) is 9.18 Å². The van der Waals surface area contributed by atoms with Crippen molar-refractivity contribution in [2.24, 2.45) is 0 Å². The van der Waals surface area contributed by atoms with Gasteiger partial charge >= 0.3 is 0 Å². The molecule has 0 radical (unpaired) electrons. The van der Waals surface area contributed by atoms with Gasteiger partial charge in [0.25, 0.3) is 5.91 Å². The molecule has 24 heavy (non-hydrogen) atoms. The molecule has 1 N–H and O–H groups in total. The molecule has 2 saturated heterocycles. The monoisotopic (exact) mass is 332 g/mol. The molecule has 2 aliphatic heterocycles. The Hall–Kier alpha value is -1.92. The Morgan fingerprint density at radius 3 is 3.04 bits per heavy atom. The Morgan fingerprint density at radius 1 is 1.42 bits per heavy atom.